The standard InChI is InChI=1S/C16H25ClN2O2/c1-16(2,11-20)15(19-8-6-18-7-9-19)13-10-12(17)4-5-14(13)21-3/h4-5,10,15,18,20H,6-9,11H2,1-3H3/t15-/m1/s1. The zero-order chi connectivity index (χ0) is 15.5. The Morgan fingerprint density at radius 3 is 2.62 bits per heavy atom. The molecule has 0 radical (unpaired) electrons. The van der Waals surface area contributed by atoms with Gasteiger partial charge in [0.2, 0.25) is 0 Å². The smallest absolute Gasteiger partial charge is 0.123 e. The van der Waals surface area contributed by atoms with Crippen molar-refractivity contribution in [2.45, 2.75) is 19.9 Å². The number of aliphatic hydroxyl groups excluding tert-OH is 1. The molecule has 118 valence electrons. The third-order valence-corrected chi connectivity index (χ3v) is 4.39. The number of ether oxygens (including phenoxy) is 1. The minimum Gasteiger partial charge on any atom is -0.496 e. The lowest BCUT2D eigenvalue weighted by molar-refractivity contribution is 0.0293. The molecule has 0 unspecified atom stereocenters. The van der Waals surface area contributed by atoms with Gasteiger partial charge in [-0.2, -0.15) is 0 Å². The van der Waals surface area contributed by atoms with Crippen LogP contribution in [0, 0.1) is 5.41 Å². The van der Waals surface area contributed by atoms with Gasteiger partial charge in [-0.15, -0.1) is 0 Å². The molecule has 1 aromatic carbocycles. The maximum Gasteiger partial charge on any atom is 0.123 e. The predicted octanol–water partition coefficient (Wildman–Crippen LogP) is 2.31. The highest BCUT2D eigenvalue weighted by molar-refractivity contribution is 6.30. The van der Waals surface area contributed by atoms with E-state index in [4.69, 9.17) is 16.3 Å². The first kappa shape index (κ1) is 16.6. The highest BCUT2D eigenvalue weighted by Gasteiger charge is 2.37. The molecule has 4 nitrogen and oxygen atoms in total. The summed E-state index contributed by atoms with van der Waals surface area (Å²) in [4.78, 5) is 2.40. The fraction of sp³-hybridized carbons (Fsp3) is 0.625. The summed E-state index contributed by atoms with van der Waals surface area (Å²) in [7, 11) is 1.67. The largest absolute Gasteiger partial charge is 0.496 e. The van der Waals surface area contributed by atoms with Crippen molar-refractivity contribution in [2.75, 3.05) is 39.9 Å². The zero-order valence-electron chi connectivity index (χ0n) is 13.0. The summed E-state index contributed by atoms with van der Waals surface area (Å²) in [6, 6.07) is 5.77. The lowest BCUT2D eigenvalue weighted by atomic mass is 9.79. The molecule has 1 saturated heterocycles. The maximum absolute atomic E-state index is 9.87. The molecule has 1 aliphatic rings. The van der Waals surface area contributed by atoms with Gasteiger partial charge in [0.1, 0.15) is 5.75 Å². The minimum absolute atomic E-state index is 0.0678. The van der Waals surface area contributed by atoms with Gasteiger partial charge in [-0.3, -0.25) is 4.90 Å². The summed E-state index contributed by atoms with van der Waals surface area (Å²) in [6.45, 7) is 8.09. The fourth-order valence-corrected chi connectivity index (χ4v) is 3.24. The van der Waals surface area contributed by atoms with E-state index >= 15 is 0 Å². The van der Waals surface area contributed by atoms with E-state index in [2.05, 4.69) is 24.1 Å². The van der Waals surface area contributed by atoms with Crippen molar-refractivity contribution in [1.82, 2.24) is 10.2 Å². The maximum atomic E-state index is 9.87. The van der Waals surface area contributed by atoms with Crippen LogP contribution >= 0.6 is 11.6 Å². The van der Waals surface area contributed by atoms with Crippen LogP contribution in [0.25, 0.3) is 0 Å². The Labute approximate surface area is 132 Å². The molecule has 0 aromatic heterocycles. The molecular formula is C16H25ClN2O2. The molecule has 1 atom stereocenters. The second-order valence-corrected chi connectivity index (χ2v) is 6.66. The van der Waals surface area contributed by atoms with E-state index in [-0.39, 0.29) is 18.1 Å². The van der Waals surface area contributed by atoms with Crippen molar-refractivity contribution in [2.24, 2.45) is 5.41 Å². The molecule has 1 aliphatic heterocycles. The molecule has 0 bridgehead atoms. The first-order chi connectivity index (χ1) is 9.99. The number of aliphatic hydroxyl groups is 1. The molecule has 1 aromatic rings. The average molecular weight is 313 g/mol. The van der Waals surface area contributed by atoms with Gasteiger partial charge in [0, 0.05) is 54.8 Å². The Kier molecular flexibility index (Phi) is 5.49. The first-order valence-electron chi connectivity index (χ1n) is 7.38. The molecule has 0 spiro atoms. The van der Waals surface area contributed by atoms with Gasteiger partial charge in [-0.05, 0) is 18.2 Å². The van der Waals surface area contributed by atoms with Gasteiger partial charge in [0.05, 0.1) is 7.11 Å². The van der Waals surface area contributed by atoms with Gasteiger partial charge in [-0.25, -0.2) is 0 Å². The van der Waals surface area contributed by atoms with Gasteiger partial charge in [-0.1, -0.05) is 25.4 Å². The molecule has 2 rings (SSSR count). The fourth-order valence-electron chi connectivity index (χ4n) is 3.06. The summed E-state index contributed by atoms with van der Waals surface area (Å²) in [5, 5.41) is 13.9. The van der Waals surface area contributed by atoms with Gasteiger partial charge >= 0.3 is 0 Å². The SMILES string of the molecule is COc1ccc(Cl)cc1[C@@H](N1CCNCC1)C(C)(C)CO. The molecule has 0 aliphatic carbocycles. The molecule has 1 fully saturated rings. The summed E-state index contributed by atoms with van der Waals surface area (Å²) in [5.74, 6) is 0.824. The van der Waals surface area contributed by atoms with Gasteiger partial charge in [0.25, 0.3) is 0 Å². The molecule has 1 heterocycles. The van der Waals surface area contributed by atoms with Crippen molar-refractivity contribution >= 4 is 11.6 Å². The molecular weight excluding hydrogens is 288 g/mol. The average Bonchev–Trinajstić information content (AvgIpc) is 2.48. The van der Waals surface area contributed by atoms with E-state index in [1.807, 2.05) is 18.2 Å². The Morgan fingerprint density at radius 2 is 2.05 bits per heavy atom. The van der Waals surface area contributed by atoms with Gasteiger partial charge < -0.3 is 15.2 Å². The number of hydrogen-bond donors (Lipinski definition) is 2. The quantitative estimate of drug-likeness (QED) is 0.876. The van der Waals surface area contributed by atoms with Crippen LogP contribution in [-0.4, -0.2) is 49.9 Å². The number of benzene rings is 1. The van der Waals surface area contributed by atoms with E-state index in [0.717, 1.165) is 37.5 Å². The summed E-state index contributed by atoms with van der Waals surface area (Å²) in [5.41, 5.74) is 0.765. The van der Waals surface area contributed by atoms with E-state index in [1.165, 1.54) is 0 Å². The van der Waals surface area contributed by atoms with Crippen LogP contribution in [0.2, 0.25) is 5.02 Å². The molecule has 5 heteroatoms. The summed E-state index contributed by atoms with van der Waals surface area (Å²) < 4.78 is 5.53. The van der Waals surface area contributed by atoms with Crippen molar-refractivity contribution in [1.29, 1.82) is 0 Å². The predicted molar refractivity (Wildman–Crippen MR) is 86.1 cm³/mol. The number of rotatable bonds is 5. The van der Waals surface area contributed by atoms with E-state index in [0.29, 0.717) is 5.02 Å². The van der Waals surface area contributed by atoms with Crippen LogP contribution in [0.5, 0.6) is 5.75 Å². The van der Waals surface area contributed by atoms with E-state index < -0.39 is 0 Å². The summed E-state index contributed by atoms with van der Waals surface area (Å²) in [6.07, 6.45) is 0. The topological polar surface area (TPSA) is 44.7 Å². The number of halogens is 1. The Balaban J connectivity index is 2.46. The second kappa shape index (κ2) is 6.97. The van der Waals surface area contributed by atoms with Crippen LogP contribution in [0.1, 0.15) is 25.5 Å². The lowest BCUT2D eigenvalue weighted by Gasteiger charge is -2.43. The number of methoxy groups -OCH3 is 1. The summed E-state index contributed by atoms with van der Waals surface area (Å²) >= 11 is 6.20. The third-order valence-electron chi connectivity index (χ3n) is 4.15. The minimum atomic E-state index is -0.282. The molecule has 2 N–H and O–H groups in total. The molecule has 21 heavy (non-hydrogen) atoms. The number of nitrogens with zero attached hydrogens (tertiary/aromatic N) is 1. The van der Waals surface area contributed by atoms with Crippen LogP contribution < -0.4 is 10.1 Å². The van der Waals surface area contributed by atoms with E-state index in [1.54, 1.807) is 7.11 Å². The second-order valence-electron chi connectivity index (χ2n) is 6.22. The van der Waals surface area contributed by atoms with Gasteiger partial charge in [0.15, 0.2) is 0 Å². The van der Waals surface area contributed by atoms with E-state index in [9.17, 15) is 5.11 Å². The normalized spacial score (nSPS) is 18.5. The Hall–Kier alpha value is -0.810. The van der Waals surface area contributed by atoms with Crippen LogP contribution in [0.3, 0.4) is 0 Å². The van der Waals surface area contributed by atoms with Crippen molar-refractivity contribution < 1.29 is 9.84 Å². The monoisotopic (exact) mass is 312 g/mol. The number of hydrogen-bond acceptors (Lipinski definition) is 4. The number of piperazine rings is 1. The molecule has 0 amide bonds. The first-order valence-corrected chi connectivity index (χ1v) is 7.76. The molecule has 0 saturated carbocycles. The van der Waals surface area contributed by atoms with Crippen LogP contribution in [-0.2, 0) is 0 Å². The lowest BCUT2D eigenvalue weighted by Crippen LogP contribution is -2.49. The van der Waals surface area contributed by atoms with Crippen LogP contribution in [0.4, 0.5) is 0 Å². The van der Waals surface area contributed by atoms with Crippen LogP contribution in [0.15, 0.2) is 18.2 Å². The zero-order valence-corrected chi connectivity index (χ0v) is 13.8. The Morgan fingerprint density at radius 1 is 1.38 bits per heavy atom. The highest BCUT2D eigenvalue weighted by Crippen LogP contribution is 2.42. The van der Waals surface area contributed by atoms with Crippen molar-refractivity contribution in [3.05, 3.63) is 28.8 Å². The highest BCUT2D eigenvalue weighted by atomic mass is 35.5. The third kappa shape index (κ3) is 3.69. The number of nitrogens with one attached hydrogen (secondary N) is 1. The van der Waals surface area contributed by atoms with Crippen molar-refractivity contribution in [3.8, 4) is 5.75 Å². The van der Waals surface area contributed by atoms with Crippen molar-refractivity contribution in [3.63, 3.8) is 0 Å². The Bertz CT molecular complexity index is 473.